The summed E-state index contributed by atoms with van der Waals surface area (Å²) in [6.45, 7) is 2.73. The van der Waals surface area contributed by atoms with Crippen LogP contribution in [0.3, 0.4) is 0 Å². The van der Waals surface area contributed by atoms with E-state index in [1.54, 1.807) is 6.20 Å². The predicted molar refractivity (Wildman–Crippen MR) is 48.9 cm³/mol. The van der Waals surface area contributed by atoms with Crippen molar-refractivity contribution in [2.75, 3.05) is 19.7 Å². The molecule has 0 atom stereocenters. The van der Waals surface area contributed by atoms with Gasteiger partial charge in [-0.05, 0) is 0 Å². The molecule has 0 aromatic carbocycles. The molecule has 0 radical (unpaired) electrons. The molecule has 1 aromatic heterocycles. The summed E-state index contributed by atoms with van der Waals surface area (Å²) in [4.78, 5) is 7.83. The third-order valence-corrected chi connectivity index (χ3v) is 2.10. The Morgan fingerprint density at radius 3 is 3.00 bits per heavy atom. The fraction of sp³-hybridized carbons (Fsp3) is 0.500. The standard InChI is InChI=1S/C8H10ClN3O/c9-7-3-11-4-8(12-7)13-5-6-1-10-2-6/h3-4,6,10H,1-2,5H2. The summed E-state index contributed by atoms with van der Waals surface area (Å²) in [6, 6.07) is 0. The largest absolute Gasteiger partial charge is 0.476 e. The highest BCUT2D eigenvalue weighted by atomic mass is 35.5. The van der Waals surface area contributed by atoms with Gasteiger partial charge in [0.1, 0.15) is 0 Å². The van der Waals surface area contributed by atoms with Gasteiger partial charge in [-0.3, -0.25) is 4.98 Å². The van der Waals surface area contributed by atoms with Crippen molar-refractivity contribution in [1.82, 2.24) is 15.3 Å². The van der Waals surface area contributed by atoms with Crippen LogP contribution < -0.4 is 10.1 Å². The molecule has 1 aliphatic rings. The van der Waals surface area contributed by atoms with Gasteiger partial charge in [0.15, 0.2) is 5.15 Å². The maximum absolute atomic E-state index is 5.64. The zero-order valence-corrected chi connectivity index (χ0v) is 7.79. The van der Waals surface area contributed by atoms with Crippen molar-refractivity contribution in [3.05, 3.63) is 17.5 Å². The Kier molecular flexibility index (Phi) is 2.61. The summed E-state index contributed by atoms with van der Waals surface area (Å²) in [6.07, 6.45) is 3.05. The molecule has 0 spiro atoms. The number of nitrogens with one attached hydrogen (secondary N) is 1. The summed E-state index contributed by atoms with van der Waals surface area (Å²) < 4.78 is 5.39. The van der Waals surface area contributed by atoms with Crippen LogP contribution in [0, 0.1) is 5.92 Å². The lowest BCUT2D eigenvalue weighted by atomic mass is 10.1. The van der Waals surface area contributed by atoms with E-state index >= 15 is 0 Å². The normalized spacial score (nSPS) is 16.7. The van der Waals surface area contributed by atoms with E-state index in [1.165, 1.54) is 6.20 Å². The van der Waals surface area contributed by atoms with E-state index in [-0.39, 0.29) is 0 Å². The molecule has 1 aliphatic heterocycles. The third kappa shape index (κ3) is 2.29. The van der Waals surface area contributed by atoms with Gasteiger partial charge < -0.3 is 10.1 Å². The first-order chi connectivity index (χ1) is 6.34. The summed E-state index contributed by atoms with van der Waals surface area (Å²) in [7, 11) is 0. The SMILES string of the molecule is Clc1cncc(OCC2CNC2)n1. The average Bonchev–Trinajstić information content (AvgIpc) is 2.01. The number of rotatable bonds is 3. The lowest BCUT2D eigenvalue weighted by Crippen LogP contribution is -2.45. The third-order valence-electron chi connectivity index (χ3n) is 1.92. The lowest BCUT2D eigenvalue weighted by Gasteiger charge is -2.26. The van der Waals surface area contributed by atoms with Crippen LogP contribution in [-0.2, 0) is 0 Å². The highest BCUT2D eigenvalue weighted by Gasteiger charge is 2.17. The van der Waals surface area contributed by atoms with Gasteiger partial charge in [-0.15, -0.1) is 0 Å². The molecular formula is C8H10ClN3O. The van der Waals surface area contributed by atoms with Crippen molar-refractivity contribution in [3.8, 4) is 5.88 Å². The van der Waals surface area contributed by atoms with E-state index in [9.17, 15) is 0 Å². The van der Waals surface area contributed by atoms with E-state index < -0.39 is 0 Å². The molecule has 1 aromatic rings. The Morgan fingerprint density at radius 1 is 1.54 bits per heavy atom. The molecule has 1 fully saturated rings. The summed E-state index contributed by atoms with van der Waals surface area (Å²) in [5, 5.41) is 3.53. The first-order valence-corrected chi connectivity index (χ1v) is 4.53. The van der Waals surface area contributed by atoms with E-state index in [4.69, 9.17) is 16.3 Å². The van der Waals surface area contributed by atoms with Crippen LogP contribution in [0.5, 0.6) is 5.88 Å². The summed E-state index contributed by atoms with van der Waals surface area (Å²) in [5.74, 6) is 1.10. The highest BCUT2D eigenvalue weighted by Crippen LogP contribution is 2.11. The molecule has 4 nitrogen and oxygen atoms in total. The quantitative estimate of drug-likeness (QED) is 0.780. The number of halogens is 1. The van der Waals surface area contributed by atoms with Crippen molar-refractivity contribution < 1.29 is 4.74 Å². The van der Waals surface area contributed by atoms with Crippen LogP contribution in [0.15, 0.2) is 12.4 Å². The minimum Gasteiger partial charge on any atom is -0.476 e. The van der Waals surface area contributed by atoms with Gasteiger partial charge in [-0.1, -0.05) is 11.6 Å². The van der Waals surface area contributed by atoms with E-state index in [2.05, 4.69) is 15.3 Å². The number of hydrogen-bond acceptors (Lipinski definition) is 4. The average molecular weight is 200 g/mol. The summed E-state index contributed by atoms with van der Waals surface area (Å²) >= 11 is 5.64. The first-order valence-electron chi connectivity index (χ1n) is 4.15. The number of nitrogens with zero attached hydrogens (tertiary/aromatic N) is 2. The first kappa shape index (κ1) is 8.72. The number of ether oxygens (including phenoxy) is 1. The van der Waals surface area contributed by atoms with Gasteiger partial charge in [0.25, 0.3) is 0 Å². The molecule has 1 N–H and O–H groups in total. The molecule has 0 bridgehead atoms. The maximum atomic E-state index is 5.64. The highest BCUT2D eigenvalue weighted by molar-refractivity contribution is 6.29. The minimum atomic E-state index is 0.365. The molecule has 0 amide bonds. The number of aromatic nitrogens is 2. The lowest BCUT2D eigenvalue weighted by molar-refractivity contribution is 0.193. The van der Waals surface area contributed by atoms with Crippen molar-refractivity contribution in [2.24, 2.45) is 5.92 Å². The molecule has 2 rings (SSSR count). The molecule has 1 saturated heterocycles. The Morgan fingerprint density at radius 2 is 2.38 bits per heavy atom. The zero-order valence-electron chi connectivity index (χ0n) is 7.03. The molecular weight excluding hydrogens is 190 g/mol. The Bertz CT molecular complexity index is 290. The second-order valence-corrected chi connectivity index (χ2v) is 3.40. The van der Waals surface area contributed by atoms with Crippen molar-refractivity contribution >= 4 is 11.6 Å². The maximum Gasteiger partial charge on any atom is 0.233 e. The molecule has 5 heteroatoms. The van der Waals surface area contributed by atoms with Gasteiger partial charge in [-0.25, -0.2) is 0 Å². The van der Waals surface area contributed by atoms with Crippen LogP contribution in [-0.4, -0.2) is 29.7 Å². The van der Waals surface area contributed by atoms with Crippen LogP contribution in [0.4, 0.5) is 0 Å². The fourth-order valence-electron chi connectivity index (χ4n) is 1.06. The van der Waals surface area contributed by atoms with E-state index in [1.807, 2.05) is 0 Å². The Hall–Kier alpha value is -0.870. The molecule has 13 heavy (non-hydrogen) atoms. The molecule has 0 unspecified atom stereocenters. The monoisotopic (exact) mass is 199 g/mol. The van der Waals surface area contributed by atoms with Crippen molar-refractivity contribution in [3.63, 3.8) is 0 Å². The molecule has 70 valence electrons. The van der Waals surface area contributed by atoms with Crippen molar-refractivity contribution in [1.29, 1.82) is 0 Å². The van der Waals surface area contributed by atoms with Crippen molar-refractivity contribution in [2.45, 2.75) is 0 Å². The number of hydrogen-bond donors (Lipinski definition) is 1. The van der Waals surface area contributed by atoms with Gasteiger partial charge in [0.05, 0.1) is 19.0 Å². The summed E-state index contributed by atoms with van der Waals surface area (Å²) in [5.41, 5.74) is 0. The minimum absolute atomic E-state index is 0.365. The van der Waals surface area contributed by atoms with E-state index in [0.29, 0.717) is 23.6 Å². The smallest absolute Gasteiger partial charge is 0.233 e. The van der Waals surface area contributed by atoms with E-state index in [0.717, 1.165) is 13.1 Å². The van der Waals surface area contributed by atoms with Gasteiger partial charge in [0.2, 0.25) is 5.88 Å². The topological polar surface area (TPSA) is 47.0 Å². The van der Waals surface area contributed by atoms with Gasteiger partial charge in [-0.2, -0.15) is 4.98 Å². The fourth-order valence-corrected chi connectivity index (χ4v) is 1.20. The zero-order chi connectivity index (χ0) is 9.10. The van der Waals surface area contributed by atoms with Gasteiger partial charge in [0, 0.05) is 19.0 Å². The molecule has 2 heterocycles. The van der Waals surface area contributed by atoms with Gasteiger partial charge >= 0.3 is 0 Å². The Balaban J connectivity index is 1.86. The second-order valence-electron chi connectivity index (χ2n) is 3.02. The van der Waals surface area contributed by atoms with Crippen LogP contribution in [0.1, 0.15) is 0 Å². The van der Waals surface area contributed by atoms with Crippen LogP contribution in [0.2, 0.25) is 5.15 Å². The predicted octanol–water partition coefficient (Wildman–Crippen LogP) is 0.728. The van der Waals surface area contributed by atoms with Crippen LogP contribution in [0.25, 0.3) is 0 Å². The van der Waals surface area contributed by atoms with Crippen LogP contribution >= 0.6 is 11.6 Å². The molecule has 0 aliphatic carbocycles. The Labute approximate surface area is 81.3 Å². The second kappa shape index (κ2) is 3.89. The molecule has 0 saturated carbocycles.